The van der Waals surface area contributed by atoms with Crippen LogP contribution in [0.3, 0.4) is 0 Å². The Morgan fingerprint density at radius 2 is 1.71 bits per heavy atom. The second-order valence-electron chi connectivity index (χ2n) is 4.99. The molecule has 0 aliphatic carbocycles. The highest BCUT2D eigenvalue weighted by Gasteiger charge is 2.11. The Kier molecular flexibility index (Phi) is 7.39. The van der Waals surface area contributed by atoms with Crippen LogP contribution in [-0.2, 0) is 16.6 Å². The third kappa shape index (κ3) is 5.76. The third-order valence-electron chi connectivity index (χ3n) is 3.19. The lowest BCUT2D eigenvalue weighted by atomic mass is 10.2. The fourth-order valence-corrected chi connectivity index (χ4v) is 3.42. The summed E-state index contributed by atoms with van der Waals surface area (Å²) in [5.41, 5.74) is 1.94. The molecule has 2 aromatic carbocycles. The SMILES string of the molecule is C=CCNC(=S)N/C=C(/c1ccccc1)[S@](=O)Cc1ccccc1. The predicted octanol–water partition coefficient (Wildman–Crippen LogP) is 3.58. The van der Waals surface area contributed by atoms with Crippen LogP contribution < -0.4 is 10.6 Å². The molecule has 0 radical (unpaired) electrons. The summed E-state index contributed by atoms with van der Waals surface area (Å²) in [5.74, 6) is 0.454. The van der Waals surface area contributed by atoms with Crippen molar-refractivity contribution in [1.82, 2.24) is 10.6 Å². The smallest absolute Gasteiger partial charge is 0.170 e. The molecule has 0 bridgehead atoms. The maximum Gasteiger partial charge on any atom is 0.170 e. The summed E-state index contributed by atoms with van der Waals surface area (Å²) in [6, 6.07) is 19.5. The van der Waals surface area contributed by atoms with Crippen LogP contribution in [0.1, 0.15) is 11.1 Å². The van der Waals surface area contributed by atoms with Crippen molar-refractivity contribution in [2.24, 2.45) is 0 Å². The molecule has 0 saturated carbocycles. The van der Waals surface area contributed by atoms with Crippen LogP contribution >= 0.6 is 12.2 Å². The zero-order valence-electron chi connectivity index (χ0n) is 13.3. The molecule has 1 atom stereocenters. The first-order chi connectivity index (χ1) is 11.7. The summed E-state index contributed by atoms with van der Waals surface area (Å²) in [4.78, 5) is 0.710. The molecule has 2 aromatic rings. The van der Waals surface area contributed by atoms with Crippen LogP contribution in [0.25, 0.3) is 4.91 Å². The Morgan fingerprint density at radius 3 is 2.33 bits per heavy atom. The molecule has 3 nitrogen and oxygen atoms in total. The monoisotopic (exact) mass is 356 g/mol. The van der Waals surface area contributed by atoms with Gasteiger partial charge in [0.15, 0.2) is 5.11 Å². The van der Waals surface area contributed by atoms with E-state index in [1.165, 1.54) is 0 Å². The van der Waals surface area contributed by atoms with Gasteiger partial charge in [-0.3, -0.25) is 4.21 Å². The van der Waals surface area contributed by atoms with E-state index in [0.717, 1.165) is 11.1 Å². The Bertz CT molecular complexity index is 728. The molecule has 2 N–H and O–H groups in total. The van der Waals surface area contributed by atoms with E-state index < -0.39 is 10.8 Å². The van der Waals surface area contributed by atoms with Crippen molar-refractivity contribution >= 4 is 33.0 Å². The van der Waals surface area contributed by atoms with E-state index in [-0.39, 0.29) is 0 Å². The largest absolute Gasteiger partial charge is 0.359 e. The van der Waals surface area contributed by atoms with Gasteiger partial charge in [-0.1, -0.05) is 66.7 Å². The van der Waals surface area contributed by atoms with Gasteiger partial charge in [0.05, 0.1) is 21.5 Å². The van der Waals surface area contributed by atoms with E-state index in [0.29, 0.717) is 22.3 Å². The fraction of sp³-hybridized carbons (Fsp3) is 0.105. The zero-order chi connectivity index (χ0) is 17.2. The number of hydrogen-bond acceptors (Lipinski definition) is 2. The minimum absolute atomic E-state index is 0.454. The summed E-state index contributed by atoms with van der Waals surface area (Å²) in [6.45, 7) is 4.21. The Balaban J connectivity index is 2.18. The fourth-order valence-electron chi connectivity index (χ4n) is 2.03. The molecule has 0 aliphatic rings. The Morgan fingerprint density at radius 1 is 1.08 bits per heavy atom. The third-order valence-corrected chi connectivity index (χ3v) is 4.89. The van der Waals surface area contributed by atoms with Gasteiger partial charge in [0.2, 0.25) is 0 Å². The van der Waals surface area contributed by atoms with Crippen molar-refractivity contribution in [3.8, 4) is 0 Å². The maximum absolute atomic E-state index is 12.9. The molecule has 0 aliphatic heterocycles. The Hall–Kier alpha value is -2.24. The van der Waals surface area contributed by atoms with Crippen LogP contribution in [0.2, 0.25) is 0 Å². The lowest BCUT2D eigenvalue weighted by Gasteiger charge is -2.10. The topological polar surface area (TPSA) is 41.1 Å². The molecule has 5 heteroatoms. The van der Waals surface area contributed by atoms with Gasteiger partial charge in [-0.15, -0.1) is 6.58 Å². The van der Waals surface area contributed by atoms with Crippen molar-refractivity contribution in [2.75, 3.05) is 6.54 Å². The second-order valence-corrected chi connectivity index (χ2v) is 6.82. The summed E-state index contributed by atoms with van der Waals surface area (Å²) in [7, 11) is -1.19. The number of nitrogens with one attached hydrogen (secondary N) is 2. The van der Waals surface area contributed by atoms with E-state index in [4.69, 9.17) is 12.2 Å². The van der Waals surface area contributed by atoms with E-state index in [1.54, 1.807) is 12.3 Å². The second kappa shape index (κ2) is 9.80. The first-order valence-corrected chi connectivity index (χ1v) is 9.26. The molecule has 0 amide bonds. The van der Waals surface area contributed by atoms with Crippen molar-refractivity contribution in [3.05, 3.63) is 90.6 Å². The Labute approximate surface area is 150 Å². The van der Waals surface area contributed by atoms with E-state index in [9.17, 15) is 4.21 Å². The average Bonchev–Trinajstić information content (AvgIpc) is 2.62. The van der Waals surface area contributed by atoms with Crippen LogP contribution in [0, 0.1) is 0 Å². The molecule has 0 saturated heterocycles. The molecule has 0 aromatic heterocycles. The number of rotatable bonds is 7. The normalized spacial score (nSPS) is 12.2. The van der Waals surface area contributed by atoms with E-state index in [2.05, 4.69) is 17.2 Å². The summed E-state index contributed by atoms with van der Waals surface area (Å²) in [5, 5.41) is 6.46. The first-order valence-electron chi connectivity index (χ1n) is 7.54. The lowest BCUT2D eigenvalue weighted by Crippen LogP contribution is -2.32. The molecule has 24 heavy (non-hydrogen) atoms. The minimum Gasteiger partial charge on any atom is -0.359 e. The van der Waals surface area contributed by atoms with Gasteiger partial charge in [-0.05, 0) is 23.3 Å². The lowest BCUT2D eigenvalue weighted by molar-refractivity contribution is 0.688. The highest BCUT2D eigenvalue weighted by molar-refractivity contribution is 7.93. The van der Waals surface area contributed by atoms with Gasteiger partial charge in [-0.25, -0.2) is 0 Å². The van der Waals surface area contributed by atoms with Gasteiger partial charge in [0.25, 0.3) is 0 Å². The van der Waals surface area contributed by atoms with Crippen LogP contribution in [0.5, 0.6) is 0 Å². The van der Waals surface area contributed by atoms with Crippen LogP contribution in [-0.4, -0.2) is 15.9 Å². The maximum atomic E-state index is 12.9. The van der Waals surface area contributed by atoms with Crippen molar-refractivity contribution in [2.45, 2.75) is 5.75 Å². The standard InChI is InChI=1S/C19H20N2OS2/c1-2-13-20-19(23)21-14-18(17-11-7-4-8-12-17)24(22)15-16-9-5-3-6-10-16/h2-12,14H,1,13,15H2,(H2,20,21,23)/b18-14-/t24-/m1/s1. The van der Waals surface area contributed by atoms with Crippen molar-refractivity contribution < 1.29 is 4.21 Å². The molecule has 0 spiro atoms. The number of hydrogen-bond donors (Lipinski definition) is 2. The zero-order valence-corrected chi connectivity index (χ0v) is 14.9. The van der Waals surface area contributed by atoms with Crippen LogP contribution in [0.4, 0.5) is 0 Å². The highest BCUT2D eigenvalue weighted by Crippen LogP contribution is 2.20. The van der Waals surface area contributed by atoms with Gasteiger partial charge >= 0.3 is 0 Å². The number of thiocarbonyl (C=S) groups is 1. The highest BCUT2D eigenvalue weighted by atomic mass is 32.2. The molecule has 0 heterocycles. The molecule has 124 valence electrons. The molecular weight excluding hydrogens is 336 g/mol. The van der Waals surface area contributed by atoms with Gasteiger partial charge in [-0.2, -0.15) is 0 Å². The molecule has 0 fully saturated rings. The minimum atomic E-state index is -1.19. The van der Waals surface area contributed by atoms with E-state index in [1.807, 2.05) is 60.7 Å². The summed E-state index contributed by atoms with van der Waals surface area (Å²) >= 11 is 5.19. The van der Waals surface area contributed by atoms with E-state index >= 15 is 0 Å². The molecule has 2 rings (SSSR count). The predicted molar refractivity (Wildman–Crippen MR) is 107 cm³/mol. The number of benzene rings is 2. The molecular formula is C19H20N2OS2. The first kappa shape index (κ1) is 18.1. The van der Waals surface area contributed by atoms with Crippen molar-refractivity contribution in [3.63, 3.8) is 0 Å². The van der Waals surface area contributed by atoms with Crippen molar-refractivity contribution in [1.29, 1.82) is 0 Å². The summed E-state index contributed by atoms with van der Waals surface area (Å²) in [6.07, 6.45) is 3.44. The quantitative estimate of drug-likeness (QED) is 0.588. The summed E-state index contributed by atoms with van der Waals surface area (Å²) < 4.78 is 12.9. The average molecular weight is 357 g/mol. The van der Waals surface area contributed by atoms with Crippen LogP contribution in [0.15, 0.2) is 79.5 Å². The van der Waals surface area contributed by atoms with Gasteiger partial charge < -0.3 is 10.6 Å². The molecule has 0 unspecified atom stereocenters. The van der Waals surface area contributed by atoms with Gasteiger partial charge in [0.1, 0.15) is 0 Å². The van der Waals surface area contributed by atoms with Gasteiger partial charge in [0, 0.05) is 12.7 Å².